The molecule has 0 radical (unpaired) electrons. The minimum absolute atomic E-state index is 0.339. The first-order chi connectivity index (χ1) is 10.2. The predicted molar refractivity (Wildman–Crippen MR) is 79.8 cm³/mol. The van der Waals surface area contributed by atoms with Gasteiger partial charge in [-0.25, -0.2) is 0 Å². The molecular formula is C17H21N3O. The van der Waals surface area contributed by atoms with Crippen LogP contribution in [0.4, 0.5) is 0 Å². The van der Waals surface area contributed by atoms with Crippen molar-refractivity contribution in [1.82, 2.24) is 10.1 Å². The van der Waals surface area contributed by atoms with E-state index in [-0.39, 0.29) is 5.54 Å². The Kier molecular flexibility index (Phi) is 3.07. The summed E-state index contributed by atoms with van der Waals surface area (Å²) in [5, 5.41) is 4.19. The van der Waals surface area contributed by atoms with Crippen LogP contribution >= 0.6 is 0 Å². The topological polar surface area (TPSA) is 64.9 Å². The average molecular weight is 283 g/mol. The maximum Gasteiger partial charge on any atom is 0.230 e. The van der Waals surface area contributed by atoms with Crippen molar-refractivity contribution in [3.05, 3.63) is 47.1 Å². The molecule has 0 aliphatic heterocycles. The van der Waals surface area contributed by atoms with Crippen LogP contribution in [0.15, 0.2) is 28.8 Å². The molecule has 2 aliphatic rings. The molecule has 1 fully saturated rings. The van der Waals surface area contributed by atoms with Gasteiger partial charge in [0.05, 0.1) is 5.54 Å². The highest BCUT2D eigenvalue weighted by Crippen LogP contribution is 2.37. The van der Waals surface area contributed by atoms with Gasteiger partial charge in [-0.3, -0.25) is 0 Å². The van der Waals surface area contributed by atoms with E-state index in [1.807, 2.05) is 0 Å². The minimum atomic E-state index is -0.353. The first-order valence-corrected chi connectivity index (χ1v) is 7.94. The van der Waals surface area contributed by atoms with Gasteiger partial charge >= 0.3 is 0 Å². The number of benzene rings is 1. The van der Waals surface area contributed by atoms with Gasteiger partial charge in [-0.05, 0) is 43.2 Å². The number of aryl methyl sites for hydroxylation is 1. The molecular weight excluding hydrogens is 262 g/mol. The summed E-state index contributed by atoms with van der Waals surface area (Å²) in [4.78, 5) is 4.66. The molecule has 110 valence electrons. The van der Waals surface area contributed by atoms with E-state index in [1.165, 1.54) is 11.1 Å². The molecule has 4 nitrogen and oxygen atoms in total. The van der Waals surface area contributed by atoms with Crippen LogP contribution in [-0.2, 0) is 18.4 Å². The fourth-order valence-electron chi connectivity index (χ4n) is 3.74. The van der Waals surface area contributed by atoms with Crippen LogP contribution < -0.4 is 5.73 Å². The normalized spacial score (nSPS) is 24.0. The molecule has 1 heterocycles. The molecule has 4 heteroatoms. The molecule has 1 aromatic carbocycles. The summed E-state index contributed by atoms with van der Waals surface area (Å²) in [7, 11) is 0. The van der Waals surface area contributed by atoms with E-state index < -0.39 is 0 Å². The lowest BCUT2D eigenvalue weighted by Gasteiger charge is -2.21. The fourth-order valence-corrected chi connectivity index (χ4v) is 3.74. The lowest BCUT2D eigenvalue weighted by atomic mass is 9.84. The van der Waals surface area contributed by atoms with Crippen molar-refractivity contribution in [1.29, 1.82) is 0 Å². The molecule has 21 heavy (non-hydrogen) atoms. The average Bonchev–Trinajstić information content (AvgIpc) is 3.17. The van der Waals surface area contributed by atoms with Crippen molar-refractivity contribution >= 4 is 0 Å². The monoisotopic (exact) mass is 283 g/mol. The van der Waals surface area contributed by atoms with Gasteiger partial charge in [0.2, 0.25) is 5.89 Å². The van der Waals surface area contributed by atoms with Crippen molar-refractivity contribution in [3.8, 4) is 0 Å². The number of fused-ring (bicyclic) bond motifs is 1. The maximum atomic E-state index is 6.41. The molecule has 2 N–H and O–H groups in total. The highest BCUT2D eigenvalue weighted by molar-refractivity contribution is 5.31. The Morgan fingerprint density at radius 2 is 1.90 bits per heavy atom. The van der Waals surface area contributed by atoms with Crippen LogP contribution in [0.25, 0.3) is 0 Å². The molecule has 1 aromatic heterocycles. The van der Waals surface area contributed by atoms with E-state index in [0.717, 1.165) is 50.8 Å². The Labute approximate surface area is 124 Å². The van der Waals surface area contributed by atoms with Gasteiger partial charge < -0.3 is 10.3 Å². The Hall–Kier alpha value is -1.68. The Balaban J connectivity index is 1.57. The van der Waals surface area contributed by atoms with Crippen LogP contribution in [0.2, 0.25) is 0 Å². The highest BCUT2D eigenvalue weighted by Gasteiger charge is 2.37. The summed E-state index contributed by atoms with van der Waals surface area (Å²) in [5.74, 6) is 1.83. The van der Waals surface area contributed by atoms with E-state index in [4.69, 9.17) is 10.3 Å². The Morgan fingerprint density at radius 3 is 2.71 bits per heavy atom. The number of aromatic nitrogens is 2. The minimum Gasteiger partial charge on any atom is -0.339 e. The molecule has 1 unspecified atom stereocenters. The first-order valence-electron chi connectivity index (χ1n) is 7.94. The third-order valence-corrected chi connectivity index (χ3v) is 5.08. The lowest BCUT2D eigenvalue weighted by molar-refractivity contribution is 0.325. The van der Waals surface area contributed by atoms with E-state index in [2.05, 4.69) is 34.4 Å². The van der Waals surface area contributed by atoms with Crippen molar-refractivity contribution in [2.45, 2.75) is 56.4 Å². The third kappa shape index (κ3) is 2.27. The summed E-state index contributed by atoms with van der Waals surface area (Å²) < 4.78 is 5.56. The van der Waals surface area contributed by atoms with Crippen molar-refractivity contribution < 1.29 is 4.52 Å². The highest BCUT2D eigenvalue weighted by atomic mass is 16.5. The zero-order valence-electron chi connectivity index (χ0n) is 12.2. The summed E-state index contributed by atoms with van der Waals surface area (Å²) in [6.45, 7) is 0. The van der Waals surface area contributed by atoms with E-state index in [0.29, 0.717) is 11.7 Å². The van der Waals surface area contributed by atoms with E-state index in [9.17, 15) is 0 Å². The molecule has 2 aromatic rings. The SMILES string of the molecule is NC1(c2noc(C3CCc4ccccc4C3)n2)CCCC1. The second-order valence-electron chi connectivity index (χ2n) is 6.53. The molecule has 0 bridgehead atoms. The molecule has 2 aliphatic carbocycles. The number of hydrogen-bond acceptors (Lipinski definition) is 4. The molecule has 1 saturated carbocycles. The number of nitrogens with two attached hydrogens (primary N) is 1. The molecule has 4 rings (SSSR count). The maximum absolute atomic E-state index is 6.41. The van der Waals surface area contributed by atoms with Crippen molar-refractivity contribution in [3.63, 3.8) is 0 Å². The second-order valence-corrected chi connectivity index (χ2v) is 6.53. The molecule has 1 atom stereocenters. The van der Waals surface area contributed by atoms with Crippen molar-refractivity contribution in [2.75, 3.05) is 0 Å². The zero-order chi connectivity index (χ0) is 14.3. The fraction of sp³-hybridized carbons (Fsp3) is 0.529. The lowest BCUT2D eigenvalue weighted by Crippen LogP contribution is -2.34. The molecule has 0 spiro atoms. The standard InChI is InChI=1S/C17H21N3O/c18-17(9-3-4-10-17)16-19-15(21-20-16)14-8-7-12-5-1-2-6-13(12)11-14/h1-2,5-6,14H,3-4,7-11,18H2. The van der Waals surface area contributed by atoms with Crippen LogP contribution in [0.5, 0.6) is 0 Å². The van der Waals surface area contributed by atoms with E-state index in [1.54, 1.807) is 0 Å². The zero-order valence-corrected chi connectivity index (χ0v) is 12.2. The number of nitrogens with zero attached hydrogens (tertiary/aromatic N) is 2. The van der Waals surface area contributed by atoms with Gasteiger partial charge in [-0.2, -0.15) is 4.98 Å². The van der Waals surface area contributed by atoms with Crippen LogP contribution in [0.3, 0.4) is 0 Å². The van der Waals surface area contributed by atoms with Crippen LogP contribution in [0.1, 0.15) is 60.9 Å². The third-order valence-electron chi connectivity index (χ3n) is 5.08. The van der Waals surface area contributed by atoms with Crippen LogP contribution in [0, 0.1) is 0 Å². The second kappa shape index (κ2) is 4.95. The molecule has 0 saturated heterocycles. The summed E-state index contributed by atoms with van der Waals surface area (Å²) >= 11 is 0. The summed E-state index contributed by atoms with van der Waals surface area (Å²) in [5.41, 5.74) is 8.93. The largest absolute Gasteiger partial charge is 0.339 e. The van der Waals surface area contributed by atoms with Crippen LogP contribution in [-0.4, -0.2) is 10.1 Å². The summed E-state index contributed by atoms with van der Waals surface area (Å²) in [6, 6.07) is 8.65. The van der Waals surface area contributed by atoms with Gasteiger partial charge in [-0.15, -0.1) is 0 Å². The van der Waals surface area contributed by atoms with Gasteiger partial charge in [0.15, 0.2) is 5.82 Å². The van der Waals surface area contributed by atoms with Gasteiger partial charge in [0.1, 0.15) is 0 Å². The smallest absolute Gasteiger partial charge is 0.230 e. The summed E-state index contributed by atoms with van der Waals surface area (Å²) in [6.07, 6.45) is 7.44. The molecule has 0 amide bonds. The first kappa shape index (κ1) is 13.0. The van der Waals surface area contributed by atoms with E-state index >= 15 is 0 Å². The van der Waals surface area contributed by atoms with Gasteiger partial charge in [-0.1, -0.05) is 42.3 Å². The number of rotatable bonds is 2. The van der Waals surface area contributed by atoms with Gasteiger partial charge in [0.25, 0.3) is 0 Å². The quantitative estimate of drug-likeness (QED) is 0.920. The van der Waals surface area contributed by atoms with Crippen molar-refractivity contribution in [2.24, 2.45) is 5.73 Å². The number of hydrogen-bond donors (Lipinski definition) is 1. The predicted octanol–water partition coefficient (Wildman–Crippen LogP) is 3.07. The Bertz CT molecular complexity index is 643. The van der Waals surface area contributed by atoms with Gasteiger partial charge in [0, 0.05) is 5.92 Å². The Morgan fingerprint density at radius 1 is 1.14 bits per heavy atom.